The second kappa shape index (κ2) is 5.85. The van der Waals surface area contributed by atoms with Gasteiger partial charge in [0.2, 0.25) is 0 Å². The Balaban J connectivity index is 2.02. The fourth-order valence-corrected chi connectivity index (χ4v) is 4.67. The summed E-state index contributed by atoms with van der Waals surface area (Å²) in [6, 6.07) is 32.0. The van der Waals surface area contributed by atoms with Crippen LogP contribution >= 0.6 is 11.6 Å². The molecule has 2 aromatic heterocycles. The van der Waals surface area contributed by atoms with Crippen LogP contribution in [0, 0.1) is 0 Å². The van der Waals surface area contributed by atoms with Crippen molar-refractivity contribution in [2.45, 2.75) is 0 Å². The van der Waals surface area contributed by atoms with Gasteiger partial charge in [0, 0.05) is 27.6 Å². The normalized spacial score (nSPS) is 11.8. The molecule has 1 nitrogen and oxygen atoms in total. The van der Waals surface area contributed by atoms with Crippen LogP contribution in [-0.4, -0.2) is 4.40 Å². The zero-order chi connectivity index (χ0) is 18.7. The molecule has 2 heterocycles. The predicted octanol–water partition coefficient (Wildman–Crippen LogP) is 7.72. The van der Waals surface area contributed by atoms with Crippen LogP contribution in [0.3, 0.4) is 0 Å². The van der Waals surface area contributed by atoms with Gasteiger partial charge in [-0.1, -0.05) is 90.5 Å². The molecule has 0 radical (unpaired) electrons. The largest absolute Gasteiger partial charge is 0.315 e. The Morgan fingerprint density at radius 1 is 0.607 bits per heavy atom. The van der Waals surface area contributed by atoms with Gasteiger partial charge < -0.3 is 4.40 Å². The van der Waals surface area contributed by atoms with Gasteiger partial charge in [-0.2, -0.15) is 0 Å². The highest BCUT2D eigenvalue weighted by Crippen LogP contribution is 2.44. The second-order valence-corrected chi connectivity index (χ2v) is 7.59. The number of pyridine rings is 1. The average Bonchev–Trinajstić information content (AvgIpc) is 3.09. The summed E-state index contributed by atoms with van der Waals surface area (Å²) in [6.45, 7) is 0. The van der Waals surface area contributed by atoms with E-state index in [9.17, 15) is 0 Å². The number of fused-ring (bicyclic) bond motifs is 8. The zero-order valence-electron chi connectivity index (χ0n) is 15.1. The molecule has 0 atom stereocenters. The van der Waals surface area contributed by atoms with Crippen molar-refractivity contribution < 1.29 is 0 Å². The third-order valence-corrected chi connectivity index (χ3v) is 5.87. The number of nitrogens with zero attached hydrogens (tertiary/aromatic N) is 1. The first-order valence-corrected chi connectivity index (χ1v) is 9.79. The molecule has 0 unspecified atom stereocenters. The van der Waals surface area contributed by atoms with E-state index in [4.69, 9.17) is 11.6 Å². The summed E-state index contributed by atoms with van der Waals surface area (Å²) >= 11 is 6.43. The van der Waals surface area contributed by atoms with Crippen LogP contribution in [-0.2, 0) is 0 Å². The van der Waals surface area contributed by atoms with Gasteiger partial charge in [-0.3, -0.25) is 0 Å². The molecule has 2 heteroatoms. The first-order chi connectivity index (χ1) is 13.8. The predicted molar refractivity (Wildman–Crippen MR) is 120 cm³/mol. The monoisotopic (exact) mass is 377 g/mol. The summed E-state index contributed by atoms with van der Waals surface area (Å²) in [7, 11) is 0. The van der Waals surface area contributed by atoms with Crippen molar-refractivity contribution in [3.8, 4) is 11.1 Å². The molecule has 0 saturated carbocycles. The molecule has 0 saturated heterocycles. The third-order valence-electron chi connectivity index (χ3n) is 5.63. The van der Waals surface area contributed by atoms with Gasteiger partial charge >= 0.3 is 0 Å². The molecule has 0 aliphatic rings. The lowest BCUT2D eigenvalue weighted by Crippen LogP contribution is -1.86. The molecular formula is C26H16ClN. The summed E-state index contributed by atoms with van der Waals surface area (Å²) in [4.78, 5) is 0. The smallest absolute Gasteiger partial charge is 0.0620 e. The lowest BCUT2D eigenvalue weighted by atomic mass is 9.94. The van der Waals surface area contributed by atoms with Crippen molar-refractivity contribution in [3.63, 3.8) is 0 Å². The maximum Gasteiger partial charge on any atom is 0.0620 e. The van der Waals surface area contributed by atoms with Gasteiger partial charge in [-0.05, 0) is 33.9 Å². The van der Waals surface area contributed by atoms with E-state index in [0.29, 0.717) is 0 Å². The van der Waals surface area contributed by atoms with Gasteiger partial charge in [0.05, 0.1) is 11.0 Å². The lowest BCUT2D eigenvalue weighted by Gasteiger charge is -2.09. The minimum atomic E-state index is 0.751. The standard InChI is InChI=1S/C26H16ClN/c27-18-14-15-28-23(16-18)24(17-8-2-1-3-9-17)25-21-12-6-4-10-19(21)20-11-5-7-13-22(20)26(25)28/h1-16H. The number of halogens is 1. The molecule has 6 rings (SSSR count). The average molecular weight is 378 g/mol. The van der Waals surface area contributed by atoms with E-state index >= 15 is 0 Å². The molecule has 0 N–H and O–H groups in total. The molecule has 0 aliphatic heterocycles. The van der Waals surface area contributed by atoms with Crippen LogP contribution in [0.25, 0.3) is 49.1 Å². The number of aromatic nitrogens is 1. The molecule has 132 valence electrons. The Hall–Kier alpha value is -3.29. The molecule has 0 bridgehead atoms. The Labute approximate surface area is 167 Å². The van der Waals surface area contributed by atoms with Crippen molar-refractivity contribution in [3.05, 3.63) is 102 Å². The van der Waals surface area contributed by atoms with Gasteiger partial charge in [-0.15, -0.1) is 0 Å². The van der Waals surface area contributed by atoms with E-state index in [1.165, 1.54) is 43.6 Å². The van der Waals surface area contributed by atoms with Gasteiger partial charge in [0.15, 0.2) is 0 Å². The van der Waals surface area contributed by atoms with E-state index in [1.807, 2.05) is 6.07 Å². The fraction of sp³-hybridized carbons (Fsp3) is 0. The minimum Gasteiger partial charge on any atom is -0.315 e. The summed E-state index contributed by atoms with van der Waals surface area (Å²) in [5.41, 5.74) is 4.81. The van der Waals surface area contributed by atoms with Crippen LogP contribution in [0.15, 0.2) is 97.2 Å². The summed E-state index contributed by atoms with van der Waals surface area (Å²) in [6.07, 6.45) is 2.09. The number of rotatable bonds is 1. The summed E-state index contributed by atoms with van der Waals surface area (Å²) in [5, 5.41) is 7.12. The second-order valence-electron chi connectivity index (χ2n) is 7.16. The van der Waals surface area contributed by atoms with Crippen LogP contribution < -0.4 is 0 Å². The van der Waals surface area contributed by atoms with Crippen molar-refractivity contribution in [2.75, 3.05) is 0 Å². The molecule has 4 aromatic carbocycles. The zero-order valence-corrected chi connectivity index (χ0v) is 15.8. The van der Waals surface area contributed by atoms with Crippen LogP contribution in [0.2, 0.25) is 5.02 Å². The SMILES string of the molecule is Clc1ccn2c(c1)c(-c1ccccc1)c1c3ccccc3c3ccccc3c12. The van der Waals surface area contributed by atoms with Gasteiger partial charge in [0.1, 0.15) is 0 Å². The first-order valence-electron chi connectivity index (χ1n) is 9.41. The lowest BCUT2D eigenvalue weighted by molar-refractivity contribution is 1.26. The fourth-order valence-electron chi connectivity index (χ4n) is 4.51. The van der Waals surface area contributed by atoms with E-state index in [2.05, 4.69) is 95.5 Å². The quantitative estimate of drug-likeness (QED) is 0.258. The third kappa shape index (κ3) is 2.08. The number of benzene rings is 4. The van der Waals surface area contributed by atoms with E-state index in [-0.39, 0.29) is 0 Å². The molecule has 0 amide bonds. The Morgan fingerprint density at radius 2 is 1.21 bits per heavy atom. The minimum absolute atomic E-state index is 0.751. The van der Waals surface area contributed by atoms with Crippen molar-refractivity contribution in [2.24, 2.45) is 0 Å². The van der Waals surface area contributed by atoms with E-state index in [1.54, 1.807) is 0 Å². The number of hydrogen-bond donors (Lipinski definition) is 0. The highest BCUT2D eigenvalue weighted by molar-refractivity contribution is 6.33. The van der Waals surface area contributed by atoms with Crippen molar-refractivity contribution in [1.29, 1.82) is 0 Å². The molecular weight excluding hydrogens is 362 g/mol. The Bertz CT molecular complexity index is 1510. The Morgan fingerprint density at radius 3 is 1.96 bits per heavy atom. The van der Waals surface area contributed by atoms with E-state index < -0.39 is 0 Å². The summed E-state index contributed by atoms with van der Waals surface area (Å²) < 4.78 is 2.29. The highest BCUT2D eigenvalue weighted by atomic mass is 35.5. The van der Waals surface area contributed by atoms with Crippen LogP contribution in [0.1, 0.15) is 0 Å². The van der Waals surface area contributed by atoms with E-state index in [0.717, 1.165) is 10.5 Å². The molecule has 28 heavy (non-hydrogen) atoms. The van der Waals surface area contributed by atoms with Crippen molar-refractivity contribution >= 4 is 49.6 Å². The number of hydrogen-bond acceptors (Lipinski definition) is 0. The molecule has 0 fully saturated rings. The Kier molecular flexibility index (Phi) is 3.29. The highest BCUT2D eigenvalue weighted by Gasteiger charge is 2.19. The molecule has 0 spiro atoms. The molecule has 6 aromatic rings. The van der Waals surface area contributed by atoms with Gasteiger partial charge in [-0.25, -0.2) is 0 Å². The topological polar surface area (TPSA) is 4.41 Å². The van der Waals surface area contributed by atoms with Crippen LogP contribution in [0.5, 0.6) is 0 Å². The molecule has 0 aliphatic carbocycles. The maximum absolute atomic E-state index is 6.43. The summed E-state index contributed by atoms with van der Waals surface area (Å²) in [5.74, 6) is 0. The van der Waals surface area contributed by atoms with Crippen molar-refractivity contribution in [1.82, 2.24) is 4.40 Å². The first kappa shape index (κ1) is 15.7. The van der Waals surface area contributed by atoms with Crippen LogP contribution in [0.4, 0.5) is 0 Å². The maximum atomic E-state index is 6.43. The van der Waals surface area contributed by atoms with Gasteiger partial charge in [0.25, 0.3) is 0 Å².